The molecule has 0 amide bonds. The Bertz CT molecular complexity index is 349. The molecule has 0 bridgehead atoms. The van der Waals surface area contributed by atoms with Gasteiger partial charge in [0.05, 0.1) is 12.3 Å². The van der Waals surface area contributed by atoms with Crippen molar-refractivity contribution in [2.45, 2.75) is 52.5 Å². The summed E-state index contributed by atoms with van der Waals surface area (Å²) < 4.78 is 7.68. The number of hydrogen-bond donors (Lipinski definition) is 0. The first-order valence-corrected chi connectivity index (χ1v) is 6.95. The summed E-state index contributed by atoms with van der Waals surface area (Å²) in [7, 11) is 0. The molecule has 2 fully saturated rings. The molecular weight excluding hydrogens is 212 g/mol. The zero-order chi connectivity index (χ0) is 12.3. The van der Waals surface area contributed by atoms with Gasteiger partial charge in [0, 0.05) is 24.8 Å². The van der Waals surface area contributed by atoms with E-state index in [-0.39, 0.29) is 0 Å². The third kappa shape index (κ3) is 3.09. The molecule has 0 radical (unpaired) electrons. The number of nitrogens with zero attached hydrogens (tertiary/aromatic N) is 2. The van der Waals surface area contributed by atoms with E-state index in [9.17, 15) is 0 Å². The first-order chi connectivity index (χ1) is 8.33. The second-order valence-electron chi connectivity index (χ2n) is 4.90. The summed E-state index contributed by atoms with van der Waals surface area (Å²) in [6.45, 7) is 9.01. The molecule has 1 saturated carbocycles. The number of ether oxygens (including phenoxy) is 1. The highest BCUT2D eigenvalue weighted by Crippen LogP contribution is 2.33. The van der Waals surface area contributed by atoms with Crippen molar-refractivity contribution >= 4 is 0 Å². The van der Waals surface area contributed by atoms with Crippen LogP contribution in [0, 0.1) is 12.8 Å². The molecule has 1 unspecified atom stereocenters. The van der Waals surface area contributed by atoms with E-state index in [1.807, 2.05) is 13.8 Å². The lowest BCUT2D eigenvalue weighted by Crippen LogP contribution is -2.10. The van der Waals surface area contributed by atoms with Gasteiger partial charge in [-0.05, 0) is 38.2 Å². The Labute approximate surface area is 104 Å². The summed E-state index contributed by atoms with van der Waals surface area (Å²) in [6, 6.07) is 2.24. The second kappa shape index (κ2) is 5.67. The standard InChI is InChI=1S/C12H18N2O.C2H6/c1-9-6-12(11-4-5-15-8-11)14(13-9)7-10-2-3-10;1-2/h6,10-11H,2-5,7-8H2,1H3;1-2H3. The number of hydrogen-bond acceptors (Lipinski definition) is 2. The van der Waals surface area contributed by atoms with Crippen LogP contribution in [0.2, 0.25) is 0 Å². The molecule has 1 aliphatic heterocycles. The van der Waals surface area contributed by atoms with Gasteiger partial charge in [-0.2, -0.15) is 5.10 Å². The van der Waals surface area contributed by atoms with E-state index in [1.54, 1.807) is 0 Å². The second-order valence-corrected chi connectivity index (χ2v) is 4.90. The molecule has 0 aromatic carbocycles. The maximum atomic E-state index is 5.46. The SMILES string of the molecule is CC.Cc1cc(C2CCOC2)n(CC2CC2)n1. The van der Waals surface area contributed by atoms with Crippen molar-refractivity contribution in [3.63, 3.8) is 0 Å². The summed E-state index contributed by atoms with van der Waals surface area (Å²) in [5, 5.41) is 4.60. The van der Waals surface area contributed by atoms with Gasteiger partial charge in [0.2, 0.25) is 0 Å². The van der Waals surface area contributed by atoms with Gasteiger partial charge in [0.15, 0.2) is 0 Å². The molecule has 3 rings (SSSR count). The van der Waals surface area contributed by atoms with Crippen molar-refractivity contribution in [3.8, 4) is 0 Å². The van der Waals surface area contributed by atoms with Crippen LogP contribution >= 0.6 is 0 Å². The van der Waals surface area contributed by atoms with Crippen molar-refractivity contribution in [3.05, 3.63) is 17.5 Å². The molecule has 3 heteroatoms. The van der Waals surface area contributed by atoms with Crippen molar-refractivity contribution in [1.82, 2.24) is 9.78 Å². The zero-order valence-electron chi connectivity index (χ0n) is 11.3. The van der Waals surface area contributed by atoms with Gasteiger partial charge < -0.3 is 4.74 Å². The Kier molecular flexibility index (Phi) is 4.21. The Morgan fingerprint density at radius 2 is 2.12 bits per heavy atom. The fraction of sp³-hybridized carbons (Fsp3) is 0.786. The smallest absolute Gasteiger partial charge is 0.0596 e. The van der Waals surface area contributed by atoms with Gasteiger partial charge >= 0.3 is 0 Å². The fourth-order valence-electron chi connectivity index (χ4n) is 2.35. The highest BCUT2D eigenvalue weighted by Gasteiger charge is 2.26. The predicted octanol–water partition coefficient (Wildman–Crippen LogP) is 3.13. The minimum absolute atomic E-state index is 0.588. The first kappa shape index (κ1) is 12.6. The van der Waals surface area contributed by atoms with Crippen molar-refractivity contribution in [2.75, 3.05) is 13.2 Å². The van der Waals surface area contributed by atoms with Gasteiger partial charge in [-0.1, -0.05) is 13.8 Å². The molecule has 1 saturated heterocycles. The molecule has 3 nitrogen and oxygen atoms in total. The van der Waals surface area contributed by atoms with E-state index in [0.717, 1.165) is 37.8 Å². The van der Waals surface area contributed by atoms with Crippen LogP contribution in [0.15, 0.2) is 6.07 Å². The normalized spacial score (nSPS) is 23.4. The molecule has 1 aromatic rings. The molecule has 2 heterocycles. The number of aromatic nitrogens is 2. The van der Waals surface area contributed by atoms with Gasteiger partial charge in [-0.25, -0.2) is 0 Å². The van der Waals surface area contributed by atoms with Crippen LogP contribution in [0.4, 0.5) is 0 Å². The molecule has 0 spiro atoms. The largest absolute Gasteiger partial charge is 0.381 e. The van der Waals surface area contributed by atoms with E-state index in [0.29, 0.717) is 5.92 Å². The summed E-state index contributed by atoms with van der Waals surface area (Å²) in [4.78, 5) is 0. The Morgan fingerprint density at radius 3 is 2.71 bits per heavy atom. The Hall–Kier alpha value is -0.830. The van der Waals surface area contributed by atoms with Gasteiger partial charge in [0.25, 0.3) is 0 Å². The Morgan fingerprint density at radius 1 is 1.35 bits per heavy atom. The molecular formula is C14H24N2O. The maximum absolute atomic E-state index is 5.46. The Balaban J connectivity index is 0.000000514. The van der Waals surface area contributed by atoms with E-state index < -0.39 is 0 Å². The maximum Gasteiger partial charge on any atom is 0.0596 e. The van der Waals surface area contributed by atoms with Gasteiger partial charge in [0.1, 0.15) is 0 Å². The average Bonchev–Trinajstić information content (AvgIpc) is 2.86. The quantitative estimate of drug-likeness (QED) is 0.806. The summed E-state index contributed by atoms with van der Waals surface area (Å²) in [5.74, 6) is 1.48. The monoisotopic (exact) mass is 236 g/mol. The van der Waals surface area contributed by atoms with Crippen molar-refractivity contribution in [2.24, 2.45) is 5.92 Å². The van der Waals surface area contributed by atoms with Crippen LogP contribution in [-0.2, 0) is 11.3 Å². The van der Waals surface area contributed by atoms with Crippen LogP contribution in [-0.4, -0.2) is 23.0 Å². The molecule has 0 N–H and O–H groups in total. The molecule has 1 aromatic heterocycles. The van der Waals surface area contributed by atoms with E-state index in [2.05, 4.69) is 22.8 Å². The third-order valence-corrected chi connectivity index (χ3v) is 3.41. The summed E-state index contributed by atoms with van der Waals surface area (Å²) in [5.41, 5.74) is 2.55. The van der Waals surface area contributed by atoms with Crippen LogP contribution < -0.4 is 0 Å². The predicted molar refractivity (Wildman–Crippen MR) is 69.2 cm³/mol. The van der Waals surface area contributed by atoms with E-state index in [4.69, 9.17) is 4.74 Å². The molecule has 2 aliphatic rings. The first-order valence-electron chi connectivity index (χ1n) is 6.95. The van der Waals surface area contributed by atoms with Crippen molar-refractivity contribution in [1.29, 1.82) is 0 Å². The molecule has 1 atom stereocenters. The van der Waals surface area contributed by atoms with Crippen molar-refractivity contribution < 1.29 is 4.74 Å². The highest BCUT2D eigenvalue weighted by atomic mass is 16.5. The molecule has 1 aliphatic carbocycles. The van der Waals surface area contributed by atoms with Crippen LogP contribution in [0.5, 0.6) is 0 Å². The van der Waals surface area contributed by atoms with E-state index in [1.165, 1.54) is 18.5 Å². The summed E-state index contributed by atoms with van der Waals surface area (Å²) in [6.07, 6.45) is 3.94. The average molecular weight is 236 g/mol. The molecule has 96 valence electrons. The number of aryl methyl sites for hydroxylation is 1. The van der Waals surface area contributed by atoms with Gasteiger partial charge in [-0.3, -0.25) is 4.68 Å². The number of rotatable bonds is 3. The van der Waals surface area contributed by atoms with Gasteiger partial charge in [-0.15, -0.1) is 0 Å². The topological polar surface area (TPSA) is 27.1 Å². The minimum Gasteiger partial charge on any atom is -0.381 e. The zero-order valence-corrected chi connectivity index (χ0v) is 11.3. The summed E-state index contributed by atoms with van der Waals surface area (Å²) >= 11 is 0. The fourth-order valence-corrected chi connectivity index (χ4v) is 2.35. The minimum atomic E-state index is 0.588. The third-order valence-electron chi connectivity index (χ3n) is 3.41. The lowest BCUT2D eigenvalue weighted by molar-refractivity contribution is 0.193. The highest BCUT2D eigenvalue weighted by molar-refractivity contribution is 5.15. The molecule has 17 heavy (non-hydrogen) atoms. The van der Waals surface area contributed by atoms with Crippen LogP contribution in [0.25, 0.3) is 0 Å². The lowest BCUT2D eigenvalue weighted by atomic mass is 10.0. The van der Waals surface area contributed by atoms with Crippen LogP contribution in [0.1, 0.15) is 50.4 Å². The van der Waals surface area contributed by atoms with Crippen LogP contribution in [0.3, 0.4) is 0 Å². The lowest BCUT2D eigenvalue weighted by Gasteiger charge is -2.10. The van der Waals surface area contributed by atoms with E-state index >= 15 is 0 Å².